The molecule has 2 aromatic heterocycles. The van der Waals surface area contributed by atoms with Crippen LogP contribution < -0.4 is 4.90 Å². The zero-order chi connectivity index (χ0) is 21.3. The number of nitrogens with zero attached hydrogens (tertiary/aromatic N) is 3. The quantitative estimate of drug-likeness (QED) is 0.462. The van der Waals surface area contributed by atoms with Gasteiger partial charge in [-0.25, -0.2) is 9.78 Å². The molecule has 0 spiro atoms. The second-order valence-electron chi connectivity index (χ2n) is 7.71. The van der Waals surface area contributed by atoms with Crippen LogP contribution >= 0.6 is 11.6 Å². The van der Waals surface area contributed by atoms with Crippen LogP contribution in [0.3, 0.4) is 0 Å². The second kappa shape index (κ2) is 7.99. The largest absolute Gasteiger partial charge is 0.443 e. The first-order valence-corrected chi connectivity index (χ1v) is 9.45. The molecule has 0 saturated heterocycles. The van der Waals surface area contributed by atoms with Gasteiger partial charge in [-0.1, -0.05) is 41.9 Å². The number of pyridine rings is 1. The lowest BCUT2D eigenvalue weighted by molar-refractivity contribution is 0.0575. The third kappa shape index (κ3) is 4.67. The lowest BCUT2D eigenvalue weighted by Crippen LogP contribution is -2.36. The number of carbonyl (C=O) groups excluding carboxylic acids is 1. The van der Waals surface area contributed by atoms with E-state index in [1.165, 1.54) is 17.2 Å². The highest BCUT2D eigenvalue weighted by Gasteiger charge is 2.28. The number of fused-ring (bicyclic) bond motifs is 1. The number of hydrogen-bond donors (Lipinski definition) is 0. The maximum absolute atomic E-state index is 13.7. The minimum Gasteiger partial charge on any atom is -0.443 e. The van der Waals surface area contributed by atoms with Crippen LogP contribution in [0.2, 0.25) is 5.15 Å². The molecule has 3 aromatic rings. The van der Waals surface area contributed by atoms with Gasteiger partial charge in [0.15, 0.2) is 0 Å². The Morgan fingerprint density at radius 1 is 1.28 bits per heavy atom. The Morgan fingerprint density at radius 2 is 1.93 bits per heavy atom. The van der Waals surface area contributed by atoms with Crippen LogP contribution in [0.1, 0.15) is 38.4 Å². The molecule has 0 radical (unpaired) electrons. The fourth-order valence-electron chi connectivity index (χ4n) is 3.05. The summed E-state index contributed by atoms with van der Waals surface area (Å²) in [5.74, 6) is 0. The van der Waals surface area contributed by atoms with Crippen molar-refractivity contribution >= 4 is 34.4 Å². The standard InChI is InChI=1S/C21H22ClF2N3O2/c1-13-11-27(19(23)24)18-15(10-16(22)25-17(13)18)26(20(28)29-21(2,3)4)12-14-8-6-5-7-9-14/h5-11,19H,12H2,1-4H3. The molecule has 3 rings (SSSR count). The number of aryl methyl sites for hydroxylation is 1. The van der Waals surface area contributed by atoms with Crippen LogP contribution in [0.15, 0.2) is 42.6 Å². The minimum atomic E-state index is -2.80. The summed E-state index contributed by atoms with van der Waals surface area (Å²) in [6.07, 6.45) is 0.641. The third-order valence-corrected chi connectivity index (χ3v) is 4.40. The monoisotopic (exact) mass is 421 g/mol. The number of ether oxygens (including phenoxy) is 1. The summed E-state index contributed by atoms with van der Waals surface area (Å²) in [4.78, 5) is 18.6. The van der Waals surface area contributed by atoms with Gasteiger partial charge in [-0.15, -0.1) is 0 Å². The summed E-state index contributed by atoms with van der Waals surface area (Å²) < 4.78 is 33.8. The van der Waals surface area contributed by atoms with Crippen LogP contribution in [-0.2, 0) is 11.3 Å². The molecule has 0 saturated carbocycles. The van der Waals surface area contributed by atoms with E-state index in [0.29, 0.717) is 11.1 Å². The molecule has 1 aromatic carbocycles. The SMILES string of the molecule is Cc1cn(C(F)F)c2c(N(Cc3ccccc3)C(=O)OC(C)(C)C)cc(Cl)nc12. The minimum absolute atomic E-state index is 0.101. The van der Waals surface area contributed by atoms with E-state index in [-0.39, 0.29) is 22.9 Å². The molecule has 0 aliphatic rings. The van der Waals surface area contributed by atoms with E-state index in [9.17, 15) is 13.6 Å². The van der Waals surface area contributed by atoms with Crippen LogP contribution in [0.25, 0.3) is 11.0 Å². The zero-order valence-electron chi connectivity index (χ0n) is 16.6. The van der Waals surface area contributed by atoms with Crippen molar-refractivity contribution in [2.24, 2.45) is 0 Å². The summed E-state index contributed by atoms with van der Waals surface area (Å²) in [5.41, 5.74) is 1.24. The molecule has 1 amide bonds. The van der Waals surface area contributed by atoms with E-state index in [1.807, 2.05) is 30.3 Å². The molecular formula is C21H22ClF2N3O2. The van der Waals surface area contributed by atoms with Gasteiger partial charge in [0.05, 0.1) is 23.3 Å². The molecular weight excluding hydrogens is 400 g/mol. The van der Waals surface area contributed by atoms with Crippen molar-refractivity contribution in [2.75, 3.05) is 4.90 Å². The van der Waals surface area contributed by atoms with Gasteiger partial charge in [0, 0.05) is 12.3 Å². The number of alkyl halides is 2. The van der Waals surface area contributed by atoms with Gasteiger partial charge >= 0.3 is 12.6 Å². The van der Waals surface area contributed by atoms with E-state index in [2.05, 4.69) is 4.98 Å². The molecule has 0 bridgehead atoms. The predicted molar refractivity (Wildman–Crippen MR) is 110 cm³/mol. The van der Waals surface area contributed by atoms with Gasteiger partial charge in [0.2, 0.25) is 0 Å². The Kier molecular flexibility index (Phi) is 5.80. The Hall–Kier alpha value is -2.67. The summed E-state index contributed by atoms with van der Waals surface area (Å²) in [7, 11) is 0. The molecule has 8 heteroatoms. The maximum Gasteiger partial charge on any atom is 0.415 e. The molecule has 2 heterocycles. The molecule has 0 unspecified atom stereocenters. The van der Waals surface area contributed by atoms with Crippen molar-refractivity contribution in [3.8, 4) is 0 Å². The summed E-state index contributed by atoms with van der Waals surface area (Å²) in [6, 6.07) is 10.6. The molecule has 0 fully saturated rings. The van der Waals surface area contributed by atoms with Crippen LogP contribution in [-0.4, -0.2) is 21.2 Å². The van der Waals surface area contributed by atoms with E-state index < -0.39 is 18.2 Å². The topological polar surface area (TPSA) is 47.4 Å². The lowest BCUT2D eigenvalue weighted by Gasteiger charge is -2.28. The summed E-state index contributed by atoms with van der Waals surface area (Å²) in [5, 5.41) is 0.101. The van der Waals surface area contributed by atoms with E-state index in [4.69, 9.17) is 16.3 Å². The first kappa shape index (κ1) is 21.0. The van der Waals surface area contributed by atoms with Crippen LogP contribution in [0.4, 0.5) is 19.3 Å². The number of halogens is 3. The Morgan fingerprint density at radius 3 is 2.52 bits per heavy atom. The average Bonchev–Trinajstić information content (AvgIpc) is 2.95. The highest BCUT2D eigenvalue weighted by Crippen LogP contribution is 2.35. The highest BCUT2D eigenvalue weighted by molar-refractivity contribution is 6.30. The van der Waals surface area contributed by atoms with Crippen molar-refractivity contribution < 1.29 is 18.3 Å². The normalized spacial score (nSPS) is 11.9. The van der Waals surface area contributed by atoms with Crippen molar-refractivity contribution in [1.29, 1.82) is 0 Å². The number of amides is 1. The third-order valence-electron chi connectivity index (χ3n) is 4.20. The van der Waals surface area contributed by atoms with E-state index in [0.717, 1.165) is 10.1 Å². The predicted octanol–water partition coefficient (Wildman–Crippen LogP) is 6.33. The maximum atomic E-state index is 13.7. The van der Waals surface area contributed by atoms with Crippen LogP contribution in [0, 0.1) is 6.92 Å². The van der Waals surface area contributed by atoms with Gasteiger partial charge < -0.3 is 4.74 Å². The number of rotatable bonds is 4. The molecule has 0 atom stereocenters. The van der Waals surface area contributed by atoms with Gasteiger partial charge in [0.25, 0.3) is 0 Å². The number of aromatic nitrogens is 2. The Labute approximate surface area is 172 Å². The van der Waals surface area contributed by atoms with Crippen molar-refractivity contribution in [2.45, 2.75) is 46.4 Å². The molecule has 0 aliphatic carbocycles. The van der Waals surface area contributed by atoms with Gasteiger partial charge in [-0.2, -0.15) is 8.78 Å². The summed E-state index contributed by atoms with van der Waals surface area (Å²) >= 11 is 6.18. The number of anilines is 1. The van der Waals surface area contributed by atoms with Gasteiger partial charge in [-0.3, -0.25) is 9.47 Å². The molecule has 154 valence electrons. The molecule has 29 heavy (non-hydrogen) atoms. The molecule has 0 N–H and O–H groups in total. The highest BCUT2D eigenvalue weighted by atomic mass is 35.5. The number of carbonyl (C=O) groups is 1. The molecule has 5 nitrogen and oxygen atoms in total. The van der Waals surface area contributed by atoms with Gasteiger partial charge in [-0.05, 0) is 38.8 Å². The van der Waals surface area contributed by atoms with Crippen molar-refractivity contribution in [3.63, 3.8) is 0 Å². The Balaban J connectivity index is 2.21. The van der Waals surface area contributed by atoms with Crippen molar-refractivity contribution in [3.05, 3.63) is 58.9 Å². The molecule has 0 aliphatic heterocycles. The fourth-order valence-corrected chi connectivity index (χ4v) is 3.24. The van der Waals surface area contributed by atoms with Crippen LogP contribution in [0.5, 0.6) is 0 Å². The van der Waals surface area contributed by atoms with E-state index >= 15 is 0 Å². The zero-order valence-corrected chi connectivity index (χ0v) is 17.4. The smallest absolute Gasteiger partial charge is 0.415 e. The lowest BCUT2D eigenvalue weighted by atomic mass is 10.2. The van der Waals surface area contributed by atoms with Gasteiger partial charge in [0.1, 0.15) is 10.8 Å². The van der Waals surface area contributed by atoms with Crippen molar-refractivity contribution in [1.82, 2.24) is 9.55 Å². The first-order chi connectivity index (χ1) is 13.6. The Bertz CT molecular complexity index is 1030. The number of hydrogen-bond acceptors (Lipinski definition) is 3. The number of benzene rings is 1. The first-order valence-electron chi connectivity index (χ1n) is 9.07. The average molecular weight is 422 g/mol. The fraction of sp³-hybridized carbons (Fsp3) is 0.333. The summed E-state index contributed by atoms with van der Waals surface area (Å²) in [6.45, 7) is 4.22. The van der Waals surface area contributed by atoms with E-state index in [1.54, 1.807) is 27.7 Å². The second-order valence-corrected chi connectivity index (χ2v) is 8.10.